The smallest absolute Gasteiger partial charge is 0.0613 e. The Kier molecular flexibility index (Phi) is 5.54. The number of hydrogen-bond donors (Lipinski definition) is 0. The second-order valence-corrected chi connectivity index (χ2v) is 11.4. The van der Waals surface area contributed by atoms with E-state index in [-0.39, 0.29) is 0 Å². The second kappa shape index (κ2) is 9.86. The maximum atomic E-state index is 2.40. The molecule has 44 heavy (non-hydrogen) atoms. The number of benzene rings is 7. The van der Waals surface area contributed by atoms with Gasteiger partial charge in [-0.15, -0.1) is 0 Å². The quantitative estimate of drug-likeness (QED) is 0.203. The Labute approximate surface area is 255 Å². The molecule has 9 aromatic rings. The van der Waals surface area contributed by atoms with Gasteiger partial charge in [0.2, 0.25) is 0 Å². The Bertz CT molecular complexity index is 2410. The fraction of sp³-hybridized carbons (Fsp3) is 0. The first-order chi connectivity index (χ1) is 21.8. The van der Waals surface area contributed by atoms with Crippen LogP contribution >= 0.6 is 0 Å². The molecule has 0 fully saturated rings. The summed E-state index contributed by atoms with van der Waals surface area (Å²) in [4.78, 5) is 0. The highest BCUT2D eigenvalue weighted by molar-refractivity contribution is 6.27. The lowest BCUT2D eigenvalue weighted by molar-refractivity contribution is 1.13. The highest BCUT2D eigenvalue weighted by Gasteiger charge is 2.18. The summed E-state index contributed by atoms with van der Waals surface area (Å²) in [6.45, 7) is 0. The van der Waals surface area contributed by atoms with Crippen molar-refractivity contribution in [3.05, 3.63) is 170 Å². The number of para-hydroxylation sites is 2. The highest BCUT2D eigenvalue weighted by Crippen LogP contribution is 2.41. The van der Waals surface area contributed by atoms with Gasteiger partial charge in [0.1, 0.15) is 0 Å². The molecular formula is C42H28N2. The number of nitrogens with zero attached hydrogens (tertiary/aromatic N) is 2. The van der Waals surface area contributed by atoms with Gasteiger partial charge in [0.05, 0.1) is 16.6 Å². The van der Waals surface area contributed by atoms with E-state index in [2.05, 4.69) is 179 Å². The molecule has 0 aliphatic rings. The van der Waals surface area contributed by atoms with Crippen molar-refractivity contribution in [1.82, 2.24) is 9.13 Å². The third-order valence-corrected chi connectivity index (χ3v) is 8.89. The first-order valence-electron chi connectivity index (χ1n) is 15.1. The van der Waals surface area contributed by atoms with E-state index >= 15 is 0 Å². The van der Waals surface area contributed by atoms with E-state index in [1.807, 2.05) is 0 Å². The number of aromatic nitrogens is 2. The van der Waals surface area contributed by atoms with Crippen LogP contribution in [0.15, 0.2) is 170 Å². The normalized spacial score (nSPS) is 11.6. The Morgan fingerprint density at radius 3 is 1.66 bits per heavy atom. The number of rotatable bonds is 4. The predicted octanol–water partition coefficient (Wildman–Crippen LogP) is 11.2. The third-order valence-electron chi connectivity index (χ3n) is 8.89. The molecule has 2 nitrogen and oxygen atoms in total. The van der Waals surface area contributed by atoms with Crippen molar-refractivity contribution in [3.8, 4) is 33.6 Å². The van der Waals surface area contributed by atoms with Crippen LogP contribution in [-0.4, -0.2) is 9.13 Å². The van der Waals surface area contributed by atoms with Crippen molar-refractivity contribution in [2.24, 2.45) is 0 Å². The first-order valence-corrected chi connectivity index (χ1v) is 15.1. The molecule has 0 N–H and O–H groups in total. The molecule has 0 unspecified atom stereocenters. The fourth-order valence-corrected chi connectivity index (χ4v) is 6.91. The van der Waals surface area contributed by atoms with E-state index in [4.69, 9.17) is 0 Å². The Morgan fingerprint density at radius 1 is 0.364 bits per heavy atom. The Morgan fingerprint density at radius 2 is 0.955 bits per heavy atom. The van der Waals surface area contributed by atoms with E-state index in [0.717, 1.165) is 5.69 Å². The maximum absolute atomic E-state index is 2.40. The van der Waals surface area contributed by atoms with Gasteiger partial charge in [0.15, 0.2) is 0 Å². The zero-order valence-corrected chi connectivity index (χ0v) is 24.1. The van der Waals surface area contributed by atoms with Crippen LogP contribution in [0.2, 0.25) is 0 Å². The van der Waals surface area contributed by atoms with E-state index in [9.17, 15) is 0 Å². The van der Waals surface area contributed by atoms with Crippen LogP contribution < -0.4 is 0 Å². The molecule has 2 heterocycles. The van der Waals surface area contributed by atoms with Crippen molar-refractivity contribution in [2.45, 2.75) is 0 Å². The molecule has 0 aliphatic heterocycles. The van der Waals surface area contributed by atoms with E-state index in [0.29, 0.717) is 0 Å². The lowest BCUT2D eigenvalue weighted by Crippen LogP contribution is -1.96. The Hall–Kier alpha value is -5.86. The molecule has 206 valence electrons. The summed E-state index contributed by atoms with van der Waals surface area (Å²) in [7, 11) is 0. The predicted molar refractivity (Wildman–Crippen MR) is 186 cm³/mol. The minimum absolute atomic E-state index is 1.15. The highest BCUT2D eigenvalue weighted by atomic mass is 15.0. The fourth-order valence-electron chi connectivity index (χ4n) is 6.91. The molecule has 0 spiro atoms. The van der Waals surface area contributed by atoms with Gasteiger partial charge in [-0.2, -0.15) is 0 Å². The van der Waals surface area contributed by atoms with Gasteiger partial charge in [0.25, 0.3) is 0 Å². The van der Waals surface area contributed by atoms with Crippen LogP contribution in [0.25, 0.3) is 77.1 Å². The van der Waals surface area contributed by atoms with Crippen molar-refractivity contribution >= 4 is 43.5 Å². The van der Waals surface area contributed by atoms with Gasteiger partial charge >= 0.3 is 0 Å². The summed E-state index contributed by atoms with van der Waals surface area (Å²) in [5.41, 5.74) is 10.8. The molecule has 0 saturated carbocycles. The van der Waals surface area contributed by atoms with Gasteiger partial charge in [-0.1, -0.05) is 115 Å². The van der Waals surface area contributed by atoms with E-state index in [1.165, 1.54) is 71.4 Å². The van der Waals surface area contributed by atoms with Gasteiger partial charge in [-0.25, -0.2) is 0 Å². The molecule has 0 radical (unpaired) electrons. The molecular weight excluding hydrogens is 532 g/mol. The Balaban J connectivity index is 1.40. The third kappa shape index (κ3) is 3.82. The lowest BCUT2D eigenvalue weighted by atomic mass is 9.97. The van der Waals surface area contributed by atoms with Crippen LogP contribution in [0.4, 0.5) is 0 Å². The molecule has 0 bridgehead atoms. The second-order valence-electron chi connectivity index (χ2n) is 11.4. The molecule has 2 aromatic heterocycles. The van der Waals surface area contributed by atoms with Crippen molar-refractivity contribution in [2.75, 3.05) is 0 Å². The van der Waals surface area contributed by atoms with Gasteiger partial charge in [-0.3, -0.25) is 0 Å². The zero-order chi connectivity index (χ0) is 29.0. The summed E-state index contributed by atoms with van der Waals surface area (Å²) < 4.78 is 4.80. The summed E-state index contributed by atoms with van der Waals surface area (Å²) in [5.74, 6) is 0. The summed E-state index contributed by atoms with van der Waals surface area (Å²) >= 11 is 0. The molecule has 0 amide bonds. The molecule has 0 saturated heterocycles. The molecule has 2 heteroatoms. The minimum atomic E-state index is 1.15. The number of hydrogen-bond acceptors (Lipinski definition) is 0. The maximum Gasteiger partial charge on any atom is 0.0613 e. The zero-order valence-electron chi connectivity index (χ0n) is 24.1. The van der Waals surface area contributed by atoms with Gasteiger partial charge in [-0.05, 0) is 76.2 Å². The standard InChI is InChI=1S/C42H28N2/c1-4-12-29(13-5-1)33-26-34(30-14-6-2-7-15-30)28-36(27-33)43-25-24-32-21-20-31-22-23-39-41(40(31)42(32)43)37-18-10-11-19-38(37)44(39)35-16-8-3-9-17-35/h1-28H. The van der Waals surface area contributed by atoms with E-state index < -0.39 is 0 Å². The largest absolute Gasteiger partial charge is 0.316 e. The molecule has 7 aromatic carbocycles. The van der Waals surface area contributed by atoms with Crippen LogP contribution in [0.5, 0.6) is 0 Å². The number of fused-ring (bicyclic) bond motifs is 7. The SMILES string of the molecule is c1ccc(-c2cc(-c3ccccc3)cc(-n3ccc4ccc5ccc6c(c7ccccc7n6-c6ccccc6)c5c43)c2)cc1. The van der Waals surface area contributed by atoms with Crippen LogP contribution in [0.1, 0.15) is 0 Å². The van der Waals surface area contributed by atoms with Crippen LogP contribution in [-0.2, 0) is 0 Å². The summed E-state index contributed by atoms with van der Waals surface area (Å²) in [6, 6.07) is 59.2. The molecule has 0 aliphatic carbocycles. The monoisotopic (exact) mass is 560 g/mol. The molecule has 9 rings (SSSR count). The van der Waals surface area contributed by atoms with Gasteiger partial charge < -0.3 is 9.13 Å². The average molecular weight is 561 g/mol. The van der Waals surface area contributed by atoms with E-state index in [1.54, 1.807) is 0 Å². The van der Waals surface area contributed by atoms with Gasteiger partial charge in [0, 0.05) is 39.1 Å². The van der Waals surface area contributed by atoms with Crippen LogP contribution in [0.3, 0.4) is 0 Å². The summed E-state index contributed by atoms with van der Waals surface area (Å²) in [5, 5.41) is 6.30. The average Bonchev–Trinajstić information content (AvgIpc) is 3.69. The van der Waals surface area contributed by atoms with Crippen molar-refractivity contribution < 1.29 is 0 Å². The molecule has 0 atom stereocenters. The van der Waals surface area contributed by atoms with Crippen LogP contribution in [0, 0.1) is 0 Å². The van der Waals surface area contributed by atoms with Crippen molar-refractivity contribution in [3.63, 3.8) is 0 Å². The first kappa shape index (κ1) is 24.7. The minimum Gasteiger partial charge on any atom is -0.316 e. The topological polar surface area (TPSA) is 9.86 Å². The van der Waals surface area contributed by atoms with Crippen molar-refractivity contribution in [1.29, 1.82) is 0 Å². The lowest BCUT2D eigenvalue weighted by Gasteiger charge is -2.14. The summed E-state index contributed by atoms with van der Waals surface area (Å²) in [6.07, 6.45) is 2.23.